The van der Waals surface area contributed by atoms with Crippen LogP contribution in [-0.4, -0.2) is 27.6 Å². The molecule has 4 aromatic rings. The van der Waals surface area contributed by atoms with Crippen LogP contribution in [0.4, 0.5) is 0 Å². The minimum Gasteiger partial charge on any atom is -0.496 e. The molecule has 178 valence electrons. The molecule has 0 heterocycles. The maximum atomic E-state index is 12.9. The summed E-state index contributed by atoms with van der Waals surface area (Å²) in [6, 6.07) is 22.1. The Bertz CT molecular complexity index is 1530. The third-order valence-electron chi connectivity index (χ3n) is 5.21. The van der Waals surface area contributed by atoms with Gasteiger partial charge in [0, 0.05) is 10.0 Å². The number of nitrogens with zero attached hydrogens (tertiary/aromatic N) is 1. The first kappa shape index (κ1) is 24.4. The molecule has 0 spiro atoms. The van der Waals surface area contributed by atoms with Gasteiger partial charge in [-0.15, -0.1) is 0 Å². The van der Waals surface area contributed by atoms with Gasteiger partial charge in [0.15, 0.2) is 5.75 Å². The maximum absolute atomic E-state index is 12.9. The number of methoxy groups -OCH3 is 1. The van der Waals surface area contributed by atoms with Crippen molar-refractivity contribution in [3.63, 3.8) is 0 Å². The SMILES string of the molecule is COc1ccc(Br)cc1C(=O)N/N=C\c1c(OS(=O)(=O)c2ccc(C)cc2)ccc2ccccc12. The molecule has 0 aliphatic rings. The van der Waals surface area contributed by atoms with Crippen LogP contribution < -0.4 is 14.3 Å². The number of rotatable bonds is 7. The van der Waals surface area contributed by atoms with Crippen molar-refractivity contribution in [3.05, 3.63) is 100 Å². The van der Waals surface area contributed by atoms with Crippen LogP contribution in [0.15, 0.2) is 93.3 Å². The van der Waals surface area contributed by atoms with Crippen LogP contribution in [0.5, 0.6) is 11.5 Å². The molecule has 0 saturated carbocycles. The fourth-order valence-corrected chi connectivity index (χ4v) is 4.73. The van der Waals surface area contributed by atoms with Gasteiger partial charge in [-0.3, -0.25) is 4.79 Å². The molecule has 4 aromatic carbocycles. The predicted molar refractivity (Wildman–Crippen MR) is 139 cm³/mol. The zero-order chi connectivity index (χ0) is 25.0. The second-order valence-electron chi connectivity index (χ2n) is 7.59. The van der Waals surface area contributed by atoms with Crippen molar-refractivity contribution >= 4 is 48.9 Å². The number of halogens is 1. The number of carbonyl (C=O) groups excluding carboxylic acids is 1. The van der Waals surface area contributed by atoms with Gasteiger partial charge in [0.05, 0.1) is 18.9 Å². The number of ether oxygens (including phenoxy) is 1. The van der Waals surface area contributed by atoms with Gasteiger partial charge in [-0.2, -0.15) is 13.5 Å². The molecule has 0 aliphatic carbocycles. The number of hydrogen-bond donors (Lipinski definition) is 1. The highest BCUT2D eigenvalue weighted by Crippen LogP contribution is 2.29. The Morgan fingerprint density at radius 2 is 1.69 bits per heavy atom. The van der Waals surface area contributed by atoms with E-state index in [0.717, 1.165) is 10.9 Å². The van der Waals surface area contributed by atoms with E-state index in [1.807, 2.05) is 31.2 Å². The highest BCUT2D eigenvalue weighted by molar-refractivity contribution is 9.10. The molecular formula is C26H21BrN2O5S. The fourth-order valence-electron chi connectivity index (χ4n) is 3.43. The summed E-state index contributed by atoms with van der Waals surface area (Å²) in [5, 5.41) is 5.64. The Labute approximate surface area is 211 Å². The number of hydrogen-bond acceptors (Lipinski definition) is 6. The monoisotopic (exact) mass is 552 g/mol. The number of benzene rings is 4. The number of amides is 1. The summed E-state index contributed by atoms with van der Waals surface area (Å²) in [5.74, 6) is -0.0176. The molecule has 7 nitrogen and oxygen atoms in total. The lowest BCUT2D eigenvalue weighted by Crippen LogP contribution is -2.18. The van der Waals surface area contributed by atoms with Crippen molar-refractivity contribution in [1.82, 2.24) is 5.43 Å². The van der Waals surface area contributed by atoms with E-state index in [-0.39, 0.29) is 16.2 Å². The lowest BCUT2D eigenvalue weighted by atomic mass is 10.0. The Balaban J connectivity index is 1.68. The highest BCUT2D eigenvalue weighted by Gasteiger charge is 2.19. The summed E-state index contributed by atoms with van der Waals surface area (Å²) in [5.41, 5.74) is 4.09. The molecule has 9 heteroatoms. The largest absolute Gasteiger partial charge is 0.496 e. The molecule has 1 N–H and O–H groups in total. The lowest BCUT2D eigenvalue weighted by Gasteiger charge is -2.12. The van der Waals surface area contributed by atoms with E-state index in [1.165, 1.54) is 25.5 Å². The van der Waals surface area contributed by atoms with Crippen molar-refractivity contribution in [2.75, 3.05) is 7.11 Å². The molecule has 0 unspecified atom stereocenters. The molecule has 35 heavy (non-hydrogen) atoms. The van der Waals surface area contributed by atoms with E-state index in [1.54, 1.807) is 42.5 Å². The first-order valence-corrected chi connectivity index (χ1v) is 12.7. The van der Waals surface area contributed by atoms with Crippen molar-refractivity contribution < 1.29 is 22.1 Å². The molecule has 0 fully saturated rings. The summed E-state index contributed by atoms with van der Waals surface area (Å²) >= 11 is 3.34. The Hall–Kier alpha value is -3.69. The second kappa shape index (κ2) is 10.3. The standard InChI is InChI=1S/C26H21BrN2O5S/c1-17-7-11-20(12-8-17)35(31,32)34-25-13-9-18-5-3-4-6-21(18)23(25)16-28-29-26(30)22-15-19(27)10-14-24(22)33-2/h3-16H,1-2H3,(H,29,30)/b28-16-. The second-order valence-corrected chi connectivity index (χ2v) is 10.1. The van der Waals surface area contributed by atoms with Crippen molar-refractivity contribution in [2.45, 2.75) is 11.8 Å². The molecule has 1 amide bonds. The zero-order valence-corrected chi connectivity index (χ0v) is 21.3. The Morgan fingerprint density at radius 3 is 2.43 bits per heavy atom. The van der Waals surface area contributed by atoms with Crippen LogP contribution in [0.3, 0.4) is 0 Å². The van der Waals surface area contributed by atoms with Crippen LogP contribution >= 0.6 is 15.9 Å². The van der Waals surface area contributed by atoms with E-state index in [9.17, 15) is 13.2 Å². The molecule has 0 radical (unpaired) electrons. The van der Waals surface area contributed by atoms with E-state index in [4.69, 9.17) is 8.92 Å². The average molecular weight is 553 g/mol. The minimum atomic E-state index is -4.09. The number of nitrogens with one attached hydrogen (secondary N) is 1. The maximum Gasteiger partial charge on any atom is 0.339 e. The number of hydrazone groups is 1. The fraction of sp³-hybridized carbons (Fsp3) is 0.0769. The highest BCUT2D eigenvalue weighted by atomic mass is 79.9. The van der Waals surface area contributed by atoms with Crippen molar-refractivity contribution in [3.8, 4) is 11.5 Å². The Morgan fingerprint density at radius 1 is 0.971 bits per heavy atom. The molecule has 0 saturated heterocycles. The normalized spacial score (nSPS) is 11.5. The van der Waals surface area contributed by atoms with Gasteiger partial charge in [-0.25, -0.2) is 5.43 Å². The van der Waals surface area contributed by atoms with Crippen molar-refractivity contribution in [1.29, 1.82) is 0 Å². The average Bonchev–Trinajstić information content (AvgIpc) is 2.85. The van der Waals surface area contributed by atoms with Crippen LogP contribution in [0, 0.1) is 6.92 Å². The topological polar surface area (TPSA) is 94.1 Å². The smallest absolute Gasteiger partial charge is 0.339 e. The van der Waals surface area contributed by atoms with Crippen LogP contribution in [0.2, 0.25) is 0 Å². The van der Waals surface area contributed by atoms with Gasteiger partial charge in [0.2, 0.25) is 0 Å². The van der Waals surface area contributed by atoms with Crippen molar-refractivity contribution in [2.24, 2.45) is 5.10 Å². The van der Waals surface area contributed by atoms with E-state index >= 15 is 0 Å². The molecule has 0 aromatic heterocycles. The first-order valence-electron chi connectivity index (χ1n) is 10.5. The molecule has 0 atom stereocenters. The van der Waals surface area contributed by atoms with E-state index in [2.05, 4.69) is 26.5 Å². The zero-order valence-electron chi connectivity index (χ0n) is 18.9. The van der Waals surface area contributed by atoms with Gasteiger partial charge in [0.25, 0.3) is 5.91 Å². The summed E-state index contributed by atoms with van der Waals surface area (Å²) < 4.78 is 37.3. The van der Waals surface area contributed by atoms with Gasteiger partial charge in [-0.1, -0.05) is 64.0 Å². The van der Waals surface area contributed by atoms with Gasteiger partial charge < -0.3 is 8.92 Å². The van der Waals surface area contributed by atoms with Gasteiger partial charge in [-0.05, 0) is 54.1 Å². The molecule has 0 bridgehead atoms. The number of carbonyl (C=O) groups is 1. The molecule has 0 aliphatic heterocycles. The predicted octanol–water partition coefficient (Wildman–Crippen LogP) is 5.45. The molecule has 4 rings (SSSR count). The van der Waals surface area contributed by atoms with Crippen LogP contribution in [-0.2, 0) is 10.1 Å². The van der Waals surface area contributed by atoms with Crippen LogP contribution in [0.1, 0.15) is 21.5 Å². The number of aryl methyl sites for hydroxylation is 1. The van der Waals surface area contributed by atoms with E-state index < -0.39 is 16.0 Å². The minimum absolute atomic E-state index is 0.0363. The Kier molecular flexibility index (Phi) is 7.18. The summed E-state index contributed by atoms with van der Waals surface area (Å²) in [7, 11) is -2.62. The quantitative estimate of drug-likeness (QED) is 0.187. The summed E-state index contributed by atoms with van der Waals surface area (Å²) in [6.07, 6.45) is 1.37. The first-order chi connectivity index (χ1) is 16.8. The summed E-state index contributed by atoms with van der Waals surface area (Å²) in [6.45, 7) is 1.87. The third kappa shape index (κ3) is 5.52. The lowest BCUT2D eigenvalue weighted by molar-refractivity contribution is 0.0952. The van der Waals surface area contributed by atoms with Gasteiger partial charge >= 0.3 is 10.1 Å². The summed E-state index contributed by atoms with van der Waals surface area (Å²) in [4.78, 5) is 12.7. The molecular weight excluding hydrogens is 532 g/mol. The van der Waals surface area contributed by atoms with Gasteiger partial charge in [0.1, 0.15) is 10.6 Å². The van der Waals surface area contributed by atoms with E-state index in [0.29, 0.717) is 21.2 Å². The third-order valence-corrected chi connectivity index (χ3v) is 6.95. The number of fused-ring (bicyclic) bond motifs is 1. The van der Waals surface area contributed by atoms with Crippen LogP contribution in [0.25, 0.3) is 10.8 Å².